The van der Waals surface area contributed by atoms with Crippen LogP contribution in [0.2, 0.25) is 0 Å². The van der Waals surface area contributed by atoms with Crippen LogP contribution in [-0.2, 0) is 4.79 Å². The summed E-state index contributed by atoms with van der Waals surface area (Å²) in [6.07, 6.45) is 0. The molecule has 0 radical (unpaired) electrons. The van der Waals surface area contributed by atoms with Gasteiger partial charge in [-0.2, -0.15) is 0 Å². The van der Waals surface area contributed by atoms with E-state index < -0.39 is 28.5 Å². The maximum absolute atomic E-state index is 13.0. The van der Waals surface area contributed by atoms with Gasteiger partial charge in [0.15, 0.2) is 0 Å². The SMILES string of the molecule is CC(C)(C)NC(=O)C(Cl)c1cc(F)cc(F)c1. The van der Waals surface area contributed by atoms with Crippen LogP contribution in [0.25, 0.3) is 0 Å². The molecule has 94 valence electrons. The number of rotatable bonds is 2. The van der Waals surface area contributed by atoms with E-state index >= 15 is 0 Å². The quantitative estimate of drug-likeness (QED) is 0.814. The van der Waals surface area contributed by atoms with E-state index in [0.717, 1.165) is 18.2 Å². The van der Waals surface area contributed by atoms with Gasteiger partial charge >= 0.3 is 0 Å². The van der Waals surface area contributed by atoms with Gasteiger partial charge in [-0.15, -0.1) is 11.6 Å². The minimum absolute atomic E-state index is 0.103. The van der Waals surface area contributed by atoms with Gasteiger partial charge in [-0.3, -0.25) is 4.79 Å². The van der Waals surface area contributed by atoms with Crippen LogP contribution in [0, 0.1) is 11.6 Å². The normalized spacial score (nSPS) is 13.3. The lowest BCUT2D eigenvalue weighted by atomic mass is 10.1. The zero-order valence-corrected chi connectivity index (χ0v) is 10.6. The van der Waals surface area contributed by atoms with Crippen LogP contribution in [0.1, 0.15) is 31.7 Å². The molecule has 2 nitrogen and oxygen atoms in total. The van der Waals surface area contributed by atoms with Crippen LogP contribution in [0.15, 0.2) is 18.2 Å². The van der Waals surface area contributed by atoms with Crippen molar-refractivity contribution < 1.29 is 13.6 Å². The van der Waals surface area contributed by atoms with Crippen molar-refractivity contribution >= 4 is 17.5 Å². The van der Waals surface area contributed by atoms with Gasteiger partial charge in [0.2, 0.25) is 5.91 Å². The Balaban J connectivity index is 2.89. The first-order valence-corrected chi connectivity index (χ1v) is 5.55. The molecule has 0 fully saturated rings. The van der Waals surface area contributed by atoms with E-state index in [1.807, 2.05) is 0 Å². The number of halogens is 3. The number of nitrogens with one attached hydrogen (secondary N) is 1. The predicted molar refractivity (Wildman–Crippen MR) is 62.8 cm³/mol. The zero-order valence-electron chi connectivity index (χ0n) is 9.85. The lowest BCUT2D eigenvalue weighted by Gasteiger charge is -2.22. The third-order valence-electron chi connectivity index (χ3n) is 1.91. The molecule has 5 heteroatoms. The molecule has 1 unspecified atom stereocenters. The Morgan fingerprint density at radius 1 is 1.24 bits per heavy atom. The Labute approximate surface area is 104 Å². The van der Waals surface area contributed by atoms with Crippen LogP contribution in [0.4, 0.5) is 8.78 Å². The van der Waals surface area contributed by atoms with E-state index in [1.54, 1.807) is 20.8 Å². The molecule has 1 rings (SSSR count). The molecule has 1 amide bonds. The molecule has 0 aromatic heterocycles. The van der Waals surface area contributed by atoms with Gasteiger partial charge in [-0.05, 0) is 38.5 Å². The highest BCUT2D eigenvalue weighted by atomic mass is 35.5. The van der Waals surface area contributed by atoms with E-state index in [1.165, 1.54) is 0 Å². The molecular weight excluding hydrogens is 248 g/mol. The molecule has 0 aliphatic carbocycles. The second-order valence-corrected chi connectivity index (χ2v) is 5.24. The maximum atomic E-state index is 13.0. The van der Waals surface area contributed by atoms with Crippen molar-refractivity contribution in [3.05, 3.63) is 35.4 Å². The Bertz CT molecular complexity index is 409. The molecule has 1 N–H and O–H groups in total. The van der Waals surface area contributed by atoms with Gasteiger partial charge in [0, 0.05) is 11.6 Å². The van der Waals surface area contributed by atoms with Crippen LogP contribution in [0.5, 0.6) is 0 Å². The summed E-state index contributed by atoms with van der Waals surface area (Å²) in [4.78, 5) is 11.7. The van der Waals surface area contributed by atoms with Crippen LogP contribution >= 0.6 is 11.6 Å². The highest BCUT2D eigenvalue weighted by Gasteiger charge is 2.23. The van der Waals surface area contributed by atoms with E-state index in [9.17, 15) is 13.6 Å². The Morgan fingerprint density at radius 3 is 2.12 bits per heavy atom. The second kappa shape index (κ2) is 5.00. The van der Waals surface area contributed by atoms with Gasteiger partial charge in [-0.1, -0.05) is 0 Å². The smallest absolute Gasteiger partial charge is 0.243 e. The highest BCUT2D eigenvalue weighted by molar-refractivity contribution is 6.30. The molecule has 0 spiro atoms. The fraction of sp³-hybridized carbons (Fsp3) is 0.417. The first-order chi connectivity index (χ1) is 7.69. The molecular formula is C12H14ClF2NO. The van der Waals surface area contributed by atoms with Gasteiger partial charge in [0.1, 0.15) is 17.0 Å². The average molecular weight is 262 g/mol. The Kier molecular flexibility index (Phi) is 4.09. The minimum atomic E-state index is -1.11. The fourth-order valence-corrected chi connectivity index (χ4v) is 1.49. The summed E-state index contributed by atoms with van der Waals surface area (Å²) >= 11 is 5.86. The topological polar surface area (TPSA) is 29.1 Å². The van der Waals surface area contributed by atoms with Crippen LogP contribution in [-0.4, -0.2) is 11.4 Å². The third-order valence-corrected chi connectivity index (χ3v) is 2.36. The maximum Gasteiger partial charge on any atom is 0.243 e. The Hall–Kier alpha value is -1.16. The molecule has 0 bridgehead atoms. The van der Waals surface area contributed by atoms with Gasteiger partial charge in [0.05, 0.1) is 0 Å². The van der Waals surface area contributed by atoms with Crippen molar-refractivity contribution in [1.82, 2.24) is 5.32 Å². The number of benzene rings is 1. The number of alkyl halides is 1. The number of hydrogen-bond acceptors (Lipinski definition) is 1. The van der Waals surface area contributed by atoms with Crippen LogP contribution in [0.3, 0.4) is 0 Å². The van der Waals surface area contributed by atoms with E-state index in [-0.39, 0.29) is 5.56 Å². The number of carbonyl (C=O) groups is 1. The molecule has 0 saturated heterocycles. The Morgan fingerprint density at radius 2 is 1.71 bits per heavy atom. The molecule has 1 aromatic rings. The molecule has 1 atom stereocenters. The number of carbonyl (C=O) groups excluding carboxylic acids is 1. The van der Waals surface area contributed by atoms with Crippen molar-refractivity contribution in [1.29, 1.82) is 0 Å². The first-order valence-electron chi connectivity index (χ1n) is 5.11. The summed E-state index contributed by atoms with van der Waals surface area (Å²) < 4.78 is 25.9. The number of hydrogen-bond donors (Lipinski definition) is 1. The van der Waals surface area contributed by atoms with E-state index in [4.69, 9.17) is 11.6 Å². The third kappa shape index (κ3) is 4.30. The van der Waals surface area contributed by atoms with Crippen LogP contribution < -0.4 is 5.32 Å². The van der Waals surface area contributed by atoms with Crippen molar-refractivity contribution in [2.24, 2.45) is 0 Å². The van der Waals surface area contributed by atoms with E-state index in [2.05, 4.69) is 5.32 Å². The standard InChI is InChI=1S/C12H14ClF2NO/c1-12(2,3)16-11(17)10(13)7-4-8(14)6-9(15)5-7/h4-6,10H,1-3H3,(H,16,17). The fourth-order valence-electron chi connectivity index (χ4n) is 1.31. The molecule has 17 heavy (non-hydrogen) atoms. The van der Waals surface area contributed by atoms with Crippen molar-refractivity contribution in [3.63, 3.8) is 0 Å². The van der Waals surface area contributed by atoms with Gasteiger partial charge in [-0.25, -0.2) is 8.78 Å². The van der Waals surface area contributed by atoms with Gasteiger partial charge in [0.25, 0.3) is 0 Å². The molecule has 0 aliphatic heterocycles. The summed E-state index contributed by atoms with van der Waals surface area (Å²) in [7, 11) is 0. The second-order valence-electron chi connectivity index (χ2n) is 4.80. The summed E-state index contributed by atoms with van der Waals surface area (Å²) in [6, 6.07) is 2.82. The van der Waals surface area contributed by atoms with Crippen molar-refractivity contribution in [3.8, 4) is 0 Å². The lowest BCUT2D eigenvalue weighted by molar-refractivity contribution is -0.122. The monoisotopic (exact) mass is 261 g/mol. The van der Waals surface area contributed by atoms with Gasteiger partial charge < -0.3 is 5.32 Å². The van der Waals surface area contributed by atoms with E-state index in [0.29, 0.717) is 0 Å². The predicted octanol–water partition coefficient (Wildman–Crippen LogP) is 3.16. The number of amides is 1. The summed E-state index contributed by atoms with van der Waals surface area (Å²) in [5, 5.41) is 1.53. The lowest BCUT2D eigenvalue weighted by Crippen LogP contribution is -2.42. The van der Waals surface area contributed by atoms with Crippen molar-refractivity contribution in [2.75, 3.05) is 0 Å². The summed E-state index contributed by atoms with van der Waals surface area (Å²) in [5.41, 5.74) is -0.346. The summed E-state index contributed by atoms with van der Waals surface area (Å²) in [5.74, 6) is -1.99. The van der Waals surface area contributed by atoms with Crippen molar-refractivity contribution in [2.45, 2.75) is 31.7 Å². The average Bonchev–Trinajstić information content (AvgIpc) is 2.12. The molecule has 0 heterocycles. The highest BCUT2D eigenvalue weighted by Crippen LogP contribution is 2.23. The summed E-state index contributed by atoms with van der Waals surface area (Å²) in [6.45, 7) is 5.38. The molecule has 1 aromatic carbocycles. The largest absolute Gasteiger partial charge is 0.350 e. The zero-order chi connectivity index (χ0) is 13.2. The first kappa shape index (κ1) is 13.9. The minimum Gasteiger partial charge on any atom is -0.350 e. The molecule has 0 aliphatic rings. The molecule has 0 saturated carbocycles.